The summed E-state index contributed by atoms with van der Waals surface area (Å²) in [6.07, 6.45) is -3.15. The molecule has 1 aromatic carbocycles. The molecule has 6 heteroatoms. The third kappa shape index (κ3) is 6.62. The SMILES string of the molecule is CCc1ccc(CCC(=O)N(CCO)CC(F)(F)F)cc1. The minimum atomic E-state index is -4.45. The van der Waals surface area contributed by atoms with Crippen LogP contribution in [0.1, 0.15) is 24.5 Å². The largest absolute Gasteiger partial charge is 0.406 e. The number of amides is 1. The Balaban J connectivity index is 2.55. The summed E-state index contributed by atoms with van der Waals surface area (Å²) in [7, 11) is 0. The van der Waals surface area contributed by atoms with E-state index in [1.165, 1.54) is 5.56 Å². The molecule has 0 radical (unpaired) electrons. The molecule has 0 atom stereocenters. The molecular formula is C15H20F3NO2. The molecule has 1 N–H and O–H groups in total. The highest BCUT2D eigenvalue weighted by Crippen LogP contribution is 2.17. The van der Waals surface area contributed by atoms with Crippen molar-refractivity contribution in [2.24, 2.45) is 0 Å². The van der Waals surface area contributed by atoms with E-state index in [0.717, 1.165) is 12.0 Å². The van der Waals surface area contributed by atoms with Gasteiger partial charge in [0.15, 0.2) is 0 Å². The van der Waals surface area contributed by atoms with Gasteiger partial charge < -0.3 is 10.0 Å². The van der Waals surface area contributed by atoms with Crippen molar-refractivity contribution < 1.29 is 23.1 Å². The lowest BCUT2D eigenvalue weighted by Gasteiger charge is -2.23. The number of hydrogen-bond acceptors (Lipinski definition) is 2. The predicted octanol–water partition coefficient (Wildman–Crippen LogP) is 2.56. The van der Waals surface area contributed by atoms with Gasteiger partial charge in [-0.15, -0.1) is 0 Å². The zero-order chi connectivity index (χ0) is 15.9. The first-order chi connectivity index (χ1) is 9.85. The molecule has 3 nitrogen and oxygen atoms in total. The third-order valence-corrected chi connectivity index (χ3v) is 3.15. The molecule has 1 amide bonds. The van der Waals surface area contributed by atoms with Crippen LogP contribution >= 0.6 is 0 Å². The fourth-order valence-corrected chi connectivity index (χ4v) is 1.98. The minimum Gasteiger partial charge on any atom is -0.395 e. The van der Waals surface area contributed by atoms with Crippen molar-refractivity contribution >= 4 is 5.91 Å². The molecule has 0 heterocycles. The van der Waals surface area contributed by atoms with E-state index in [0.29, 0.717) is 11.3 Å². The highest BCUT2D eigenvalue weighted by molar-refractivity contribution is 5.76. The average Bonchev–Trinajstić information content (AvgIpc) is 2.43. The Hall–Kier alpha value is -1.56. The Labute approximate surface area is 122 Å². The Morgan fingerprint density at radius 1 is 1.19 bits per heavy atom. The van der Waals surface area contributed by atoms with Crippen LogP contribution in [0, 0.1) is 0 Å². The molecule has 0 bridgehead atoms. The number of rotatable bonds is 7. The van der Waals surface area contributed by atoms with Crippen molar-refractivity contribution in [3.8, 4) is 0 Å². The average molecular weight is 303 g/mol. The van der Waals surface area contributed by atoms with Gasteiger partial charge in [-0.05, 0) is 24.0 Å². The van der Waals surface area contributed by atoms with E-state index >= 15 is 0 Å². The molecule has 0 aromatic heterocycles. The molecule has 0 aliphatic carbocycles. The van der Waals surface area contributed by atoms with Crippen LogP contribution in [0.5, 0.6) is 0 Å². The molecule has 0 spiro atoms. The summed E-state index contributed by atoms with van der Waals surface area (Å²) in [5.74, 6) is -0.596. The van der Waals surface area contributed by atoms with Crippen LogP contribution in [0.4, 0.5) is 13.2 Å². The van der Waals surface area contributed by atoms with Gasteiger partial charge in [0.2, 0.25) is 5.91 Å². The minimum absolute atomic E-state index is 0.00154. The van der Waals surface area contributed by atoms with Crippen molar-refractivity contribution in [2.45, 2.75) is 32.4 Å². The van der Waals surface area contributed by atoms with Crippen LogP contribution in [0.15, 0.2) is 24.3 Å². The van der Waals surface area contributed by atoms with Gasteiger partial charge in [-0.1, -0.05) is 31.2 Å². The number of aliphatic hydroxyl groups excluding tert-OH is 1. The molecular weight excluding hydrogens is 283 g/mol. The van der Waals surface area contributed by atoms with E-state index in [2.05, 4.69) is 0 Å². The van der Waals surface area contributed by atoms with Crippen molar-refractivity contribution in [3.05, 3.63) is 35.4 Å². The van der Waals surface area contributed by atoms with E-state index in [1.54, 1.807) is 0 Å². The smallest absolute Gasteiger partial charge is 0.395 e. The van der Waals surface area contributed by atoms with Gasteiger partial charge >= 0.3 is 6.18 Å². The summed E-state index contributed by atoms with van der Waals surface area (Å²) in [5, 5.41) is 8.76. The second kappa shape index (κ2) is 8.02. The number of nitrogens with zero attached hydrogens (tertiary/aromatic N) is 1. The first-order valence-corrected chi connectivity index (χ1v) is 6.89. The Kier molecular flexibility index (Phi) is 6.68. The van der Waals surface area contributed by atoms with Crippen LogP contribution in [-0.2, 0) is 17.6 Å². The van der Waals surface area contributed by atoms with Gasteiger partial charge in [-0.25, -0.2) is 0 Å². The highest BCUT2D eigenvalue weighted by atomic mass is 19.4. The second-order valence-corrected chi connectivity index (χ2v) is 4.82. The van der Waals surface area contributed by atoms with E-state index in [4.69, 9.17) is 5.11 Å². The topological polar surface area (TPSA) is 40.5 Å². The fraction of sp³-hybridized carbons (Fsp3) is 0.533. The van der Waals surface area contributed by atoms with Crippen molar-refractivity contribution in [3.63, 3.8) is 0 Å². The van der Waals surface area contributed by atoms with Gasteiger partial charge in [0.05, 0.1) is 6.61 Å². The van der Waals surface area contributed by atoms with E-state index in [-0.39, 0.29) is 13.0 Å². The fourth-order valence-electron chi connectivity index (χ4n) is 1.98. The van der Waals surface area contributed by atoms with Gasteiger partial charge in [0.1, 0.15) is 6.54 Å². The standard InChI is InChI=1S/C15H20F3NO2/c1-2-12-3-5-13(6-4-12)7-8-14(21)19(9-10-20)11-15(16,17)18/h3-6,20H,2,7-11H2,1H3. The summed E-state index contributed by atoms with van der Waals surface area (Å²) in [6.45, 7) is -0.0657. The molecule has 118 valence electrons. The Morgan fingerprint density at radius 3 is 2.24 bits per heavy atom. The van der Waals surface area contributed by atoms with Crippen molar-refractivity contribution in [1.82, 2.24) is 4.90 Å². The van der Waals surface area contributed by atoms with Crippen LogP contribution in [0.3, 0.4) is 0 Å². The number of aryl methyl sites for hydroxylation is 2. The summed E-state index contributed by atoms with van der Waals surface area (Å²) in [6, 6.07) is 7.65. The number of halogens is 3. The zero-order valence-electron chi connectivity index (χ0n) is 12.0. The maximum Gasteiger partial charge on any atom is 0.406 e. The highest BCUT2D eigenvalue weighted by Gasteiger charge is 2.32. The van der Waals surface area contributed by atoms with Crippen LogP contribution < -0.4 is 0 Å². The summed E-state index contributed by atoms with van der Waals surface area (Å²) in [5.41, 5.74) is 2.08. The predicted molar refractivity (Wildman–Crippen MR) is 73.9 cm³/mol. The first kappa shape index (κ1) is 17.5. The van der Waals surface area contributed by atoms with Crippen LogP contribution in [0.2, 0.25) is 0 Å². The quantitative estimate of drug-likeness (QED) is 0.841. The van der Waals surface area contributed by atoms with Crippen LogP contribution in [0.25, 0.3) is 0 Å². The zero-order valence-corrected chi connectivity index (χ0v) is 12.0. The van der Waals surface area contributed by atoms with E-state index < -0.39 is 25.2 Å². The second-order valence-electron chi connectivity index (χ2n) is 4.82. The maximum absolute atomic E-state index is 12.4. The van der Waals surface area contributed by atoms with Crippen molar-refractivity contribution in [1.29, 1.82) is 0 Å². The molecule has 0 unspecified atom stereocenters. The lowest BCUT2D eigenvalue weighted by molar-refractivity contribution is -0.162. The lowest BCUT2D eigenvalue weighted by atomic mass is 10.1. The molecule has 1 rings (SSSR count). The summed E-state index contributed by atoms with van der Waals surface area (Å²) in [4.78, 5) is 12.5. The van der Waals surface area contributed by atoms with Crippen LogP contribution in [-0.4, -0.2) is 41.8 Å². The lowest BCUT2D eigenvalue weighted by Crippen LogP contribution is -2.40. The molecule has 0 aliphatic heterocycles. The normalized spacial score (nSPS) is 11.5. The molecule has 0 saturated heterocycles. The van der Waals surface area contributed by atoms with E-state index in [1.807, 2.05) is 31.2 Å². The van der Waals surface area contributed by atoms with Gasteiger partial charge in [0, 0.05) is 13.0 Å². The monoisotopic (exact) mass is 303 g/mol. The molecule has 1 aromatic rings. The molecule has 21 heavy (non-hydrogen) atoms. The van der Waals surface area contributed by atoms with Gasteiger partial charge in [0.25, 0.3) is 0 Å². The number of hydrogen-bond donors (Lipinski definition) is 1. The summed E-state index contributed by atoms with van der Waals surface area (Å²) >= 11 is 0. The Morgan fingerprint density at radius 2 is 1.76 bits per heavy atom. The number of alkyl halides is 3. The van der Waals surface area contributed by atoms with Gasteiger partial charge in [-0.3, -0.25) is 4.79 Å². The number of carbonyl (C=O) groups is 1. The molecule has 0 saturated carbocycles. The third-order valence-electron chi connectivity index (χ3n) is 3.15. The first-order valence-electron chi connectivity index (χ1n) is 6.89. The van der Waals surface area contributed by atoms with Gasteiger partial charge in [-0.2, -0.15) is 13.2 Å². The van der Waals surface area contributed by atoms with E-state index in [9.17, 15) is 18.0 Å². The maximum atomic E-state index is 12.4. The summed E-state index contributed by atoms with van der Waals surface area (Å²) < 4.78 is 37.1. The number of aliphatic hydroxyl groups is 1. The van der Waals surface area contributed by atoms with Crippen molar-refractivity contribution in [2.75, 3.05) is 19.7 Å². The number of carbonyl (C=O) groups excluding carboxylic acids is 1. The molecule has 0 aliphatic rings. The Bertz CT molecular complexity index is 443. The molecule has 0 fully saturated rings. The number of benzene rings is 1.